The molecule has 0 radical (unpaired) electrons. The van der Waals surface area contributed by atoms with Gasteiger partial charge in [0.15, 0.2) is 0 Å². The number of rotatable bonds is 5. The minimum Gasteiger partial charge on any atom is -0.410 e. The quantitative estimate of drug-likeness (QED) is 0.776. The van der Waals surface area contributed by atoms with Crippen LogP contribution in [0, 0.1) is 11.3 Å². The minimum atomic E-state index is -0.792. The summed E-state index contributed by atoms with van der Waals surface area (Å²) < 4.78 is 10.7. The van der Waals surface area contributed by atoms with Crippen molar-refractivity contribution in [1.82, 2.24) is 4.90 Å². The first kappa shape index (κ1) is 21.9. The van der Waals surface area contributed by atoms with Crippen LogP contribution in [0.3, 0.4) is 0 Å². The predicted molar refractivity (Wildman–Crippen MR) is 119 cm³/mol. The lowest BCUT2D eigenvalue weighted by atomic mass is 9.78. The highest BCUT2D eigenvalue weighted by atomic mass is 16.5. The largest absolute Gasteiger partial charge is 0.410 e. The third-order valence-corrected chi connectivity index (χ3v) is 7.00. The van der Waals surface area contributed by atoms with E-state index in [9.17, 15) is 9.59 Å². The molecule has 0 bridgehead atoms. The minimum absolute atomic E-state index is 0.281. The van der Waals surface area contributed by atoms with Crippen molar-refractivity contribution in [3.05, 3.63) is 23.8 Å². The highest BCUT2D eigenvalue weighted by molar-refractivity contribution is 5.86. The predicted octanol–water partition coefficient (Wildman–Crippen LogP) is 3.34. The van der Waals surface area contributed by atoms with E-state index in [2.05, 4.69) is 29.7 Å². The van der Waals surface area contributed by atoms with E-state index in [1.807, 2.05) is 12.1 Å². The van der Waals surface area contributed by atoms with E-state index in [1.165, 1.54) is 0 Å². The van der Waals surface area contributed by atoms with Crippen molar-refractivity contribution in [2.45, 2.75) is 58.4 Å². The standard InChI is InChI=1S/C24H35N3O4/c1-17(2)14-18-15-20(4-5-21(18)31-23(25)29)26-10-3-8-24(16-26)9-11-27(22(24)28)19-6-12-30-13-7-19/h4-5,15,17,19H,3,6-14,16H2,1-2H3,(H2,25,29)/t24-/m1/s1. The summed E-state index contributed by atoms with van der Waals surface area (Å²) in [6.45, 7) is 8.34. The van der Waals surface area contributed by atoms with Crippen LogP contribution in [-0.2, 0) is 16.0 Å². The molecular weight excluding hydrogens is 394 g/mol. The number of nitrogens with zero attached hydrogens (tertiary/aromatic N) is 2. The van der Waals surface area contributed by atoms with Gasteiger partial charge in [-0.2, -0.15) is 0 Å². The summed E-state index contributed by atoms with van der Waals surface area (Å²) >= 11 is 0. The molecule has 0 unspecified atom stereocenters. The number of ether oxygens (including phenoxy) is 2. The maximum Gasteiger partial charge on any atom is 0.409 e. The number of benzene rings is 1. The number of hydrogen-bond donors (Lipinski definition) is 1. The van der Waals surface area contributed by atoms with Gasteiger partial charge in [-0.1, -0.05) is 13.8 Å². The second kappa shape index (κ2) is 9.07. The Morgan fingerprint density at radius 1 is 1.26 bits per heavy atom. The zero-order valence-corrected chi connectivity index (χ0v) is 18.8. The Kier molecular flexibility index (Phi) is 6.42. The Morgan fingerprint density at radius 2 is 2.03 bits per heavy atom. The molecule has 3 heterocycles. The van der Waals surface area contributed by atoms with Crippen molar-refractivity contribution in [2.24, 2.45) is 17.1 Å². The number of nitrogens with two attached hydrogens (primary N) is 1. The molecule has 3 fully saturated rings. The number of carbonyl (C=O) groups is 2. The van der Waals surface area contributed by atoms with Crippen LogP contribution in [-0.4, -0.2) is 55.8 Å². The summed E-state index contributed by atoms with van der Waals surface area (Å²) in [6.07, 6.45) is 4.81. The van der Waals surface area contributed by atoms with Gasteiger partial charge in [0.1, 0.15) is 5.75 Å². The second-order valence-corrected chi connectivity index (χ2v) is 9.71. The summed E-state index contributed by atoms with van der Waals surface area (Å²) in [5.41, 5.74) is 7.04. The Hall–Kier alpha value is -2.28. The van der Waals surface area contributed by atoms with Crippen LogP contribution in [0.25, 0.3) is 0 Å². The van der Waals surface area contributed by atoms with Crippen molar-refractivity contribution in [3.8, 4) is 5.75 Å². The van der Waals surface area contributed by atoms with Crippen LogP contribution in [0.1, 0.15) is 51.5 Å². The highest BCUT2D eigenvalue weighted by Gasteiger charge is 2.50. The zero-order chi connectivity index (χ0) is 22.0. The Balaban J connectivity index is 1.53. The van der Waals surface area contributed by atoms with Gasteiger partial charge in [0.05, 0.1) is 5.41 Å². The molecule has 4 rings (SSSR count). The van der Waals surface area contributed by atoms with Crippen molar-refractivity contribution in [3.63, 3.8) is 0 Å². The molecule has 7 heteroatoms. The van der Waals surface area contributed by atoms with Gasteiger partial charge in [-0.05, 0) is 68.2 Å². The molecule has 3 aliphatic heterocycles. The van der Waals surface area contributed by atoms with Gasteiger partial charge in [-0.3, -0.25) is 4.79 Å². The number of likely N-dealkylation sites (tertiary alicyclic amines) is 1. The molecule has 1 atom stereocenters. The van der Waals surface area contributed by atoms with Crippen molar-refractivity contribution >= 4 is 17.7 Å². The average molecular weight is 430 g/mol. The first-order chi connectivity index (χ1) is 14.9. The van der Waals surface area contributed by atoms with E-state index in [-0.39, 0.29) is 5.41 Å². The third kappa shape index (κ3) is 4.66. The number of carbonyl (C=O) groups excluding carboxylic acids is 2. The van der Waals surface area contributed by atoms with Crippen LogP contribution in [0.15, 0.2) is 18.2 Å². The molecule has 2 N–H and O–H groups in total. The Bertz CT molecular complexity index is 821. The van der Waals surface area contributed by atoms with Crippen LogP contribution in [0.5, 0.6) is 5.75 Å². The van der Waals surface area contributed by atoms with E-state index in [4.69, 9.17) is 15.2 Å². The molecule has 31 heavy (non-hydrogen) atoms. The highest BCUT2D eigenvalue weighted by Crippen LogP contribution is 2.43. The molecule has 170 valence electrons. The maximum absolute atomic E-state index is 13.5. The number of primary amides is 1. The Morgan fingerprint density at radius 3 is 2.74 bits per heavy atom. The van der Waals surface area contributed by atoms with Crippen molar-refractivity contribution in [2.75, 3.05) is 37.7 Å². The van der Waals surface area contributed by atoms with E-state index < -0.39 is 6.09 Å². The summed E-state index contributed by atoms with van der Waals surface area (Å²) in [4.78, 5) is 29.3. The SMILES string of the molecule is CC(C)Cc1cc(N2CCC[C@@]3(CCN(C4CCOCC4)C3=O)C2)ccc1OC(N)=O. The van der Waals surface area contributed by atoms with Gasteiger partial charge in [0, 0.05) is 44.6 Å². The number of piperidine rings is 1. The molecule has 0 aliphatic carbocycles. The first-order valence-electron chi connectivity index (χ1n) is 11.6. The summed E-state index contributed by atoms with van der Waals surface area (Å²) in [5.74, 6) is 1.28. The van der Waals surface area contributed by atoms with E-state index in [0.717, 1.165) is 82.6 Å². The van der Waals surface area contributed by atoms with Gasteiger partial charge in [-0.25, -0.2) is 4.79 Å². The summed E-state index contributed by atoms with van der Waals surface area (Å²) in [7, 11) is 0. The van der Waals surface area contributed by atoms with Crippen LogP contribution >= 0.6 is 0 Å². The lowest BCUT2D eigenvalue weighted by Gasteiger charge is -2.41. The van der Waals surface area contributed by atoms with E-state index >= 15 is 0 Å². The molecular formula is C24H35N3O4. The molecule has 3 saturated heterocycles. The average Bonchev–Trinajstić information content (AvgIpc) is 3.05. The molecule has 0 saturated carbocycles. The number of anilines is 1. The second-order valence-electron chi connectivity index (χ2n) is 9.71. The van der Waals surface area contributed by atoms with Gasteiger partial charge in [-0.15, -0.1) is 0 Å². The topological polar surface area (TPSA) is 85.1 Å². The van der Waals surface area contributed by atoms with Gasteiger partial charge < -0.3 is 25.0 Å². The van der Waals surface area contributed by atoms with Crippen molar-refractivity contribution in [1.29, 1.82) is 0 Å². The molecule has 3 aliphatic rings. The van der Waals surface area contributed by atoms with Crippen molar-refractivity contribution < 1.29 is 19.1 Å². The Labute approximate surface area is 184 Å². The smallest absolute Gasteiger partial charge is 0.409 e. The lowest BCUT2D eigenvalue weighted by molar-refractivity contribution is -0.139. The fourth-order valence-corrected chi connectivity index (χ4v) is 5.49. The summed E-state index contributed by atoms with van der Waals surface area (Å²) in [6, 6.07) is 6.26. The van der Waals surface area contributed by atoms with Crippen LogP contribution in [0.4, 0.5) is 10.5 Å². The van der Waals surface area contributed by atoms with Gasteiger partial charge in [0.2, 0.25) is 5.91 Å². The number of hydrogen-bond acceptors (Lipinski definition) is 5. The lowest BCUT2D eigenvalue weighted by Crippen LogP contribution is -2.50. The number of amides is 2. The zero-order valence-electron chi connectivity index (χ0n) is 18.8. The maximum atomic E-state index is 13.5. The monoisotopic (exact) mass is 429 g/mol. The molecule has 7 nitrogen and oxygen atoms in total. The van der Waals surface area contributed by atoms with E-state index in [1.54, 1.807) is 0 Å². The molecule has 1 spiro atoms. The fourth-order valence-electron chi connectivity index (χ4n) is 5.49. The summed E-state index contributed by atoms with van der Waals surface area (Å²) in [5, 5.41) is 0. The van der Waals surface area contributed by atoms with Crippen LogP contribution in [0.2, 0.25) is 0 Å². The molecule has 0 aromatic heterocycles. The third-order valence-electron chi connectivity index (χ3n) is 7.00. The normalized spacial score (nSPS) is 24.9. The van der Waals surface area contributed by atoms with Crippen LogP contribution < -0.4 is 15.4 Å². The fraction of sp³-hybridized carbons (Fsp3) is 0.667. The first-order valence-corrected chi connectivity index (χ1v) is 11.6. The molecule has 1 aromatic carbocycles. The molecule has 2 amide bonds. The van der Waals surface area contributed by atoms with Gasteiger partial charge >= 0.3 is 6.09 Å². The van der Waals surface area contributed by atoms with E-state index in [0.29, 0.717) is 23.6 Å². The van der Waals surface area contributed by atoms with Gasteiger partial charge in [0.25, 0.3) is 0 Å². The molecule has 1 aromatic rings.